The van der Waals surface area contributed by atoms with Crippen LogP contribution >= 0.6 is 23.2 Å². The summed E-state index contributed by atoms with van der Waals surface area (Å²) >= 11 is 12.2. The molecule has 0 aliphatic carbocycles. The monoisotopic (exact) mass is 405 g/mol. The molecule has 1 fully saturated rings. The molecule has 0 bridgehead atoms. The Morgan fingerprint density at radius 2 is 1.89 bits per heavy atom. The first-order valence-electron chi connectivity index (χ1n) is 8.27. The van der Waals surface area contributed by atoms with Crippen molar-refractivity contribution in [1.82, 2.24) is 0 Å². The quantitative estimate of drug-likeness (QED) is 0.807. The van der Waals surface area contributed by atoms with Crippen LogP contribution in [-0.2, 0) is 14.4 Å². The van der Waals surface area contributed by atoms with E-state index in [1.807, 2.05) is 0 Å². The number of hydrogen-bond acceptors (Lipinski definition) is 3. The largest absolute Gasteiger partial charge is 0.326 e. The molecular formula is C19H17Cl2N3O3. The minimum absolute atomic E-state index is 0.111. The van der Waals surface area contributed by atoms with Crippen molar-refractivity contribution < 1.29 is 14.4 Å². The number of amides is 3. The number of nitrogens with one attached hydrogen (secondary N) is 2. The molecule has 1 unspecified atom stereocenters. The van der Waals surface area contributed by atoms with Crippen LogP contribution in [0.1, 0.15) is 13.3 Å². The molecule has 140 valence electrons. The summed E-state index contributed by atoms with van der Waals surface area (Å²) in [6.07, 6.45) is 0.111. The fourth-order valence-corrected chi connectivity index (χ4v) is 3.32. The van der Waals surface area contributed by atoms with E-state index < -0.39 is 5.92 Å². The number of carbonyl (C=O) groups is 3. The van der Waals surface area contributed by atoms with Crippen LogP contribution < -0.4 is 15.5 Å². The summed E-state index contributed by atoms with van der Waals surface area (Å²) in [5.41, 5.74) is 1.62. The molecule has 1 saturated heterocycles. The summed E-state index contributed by atoms with van der Waals surface area (Å²) < 4.78 is 0. The highest BCUT2D eigenvalue weighted by molar-refractivity contribution is 6.34. The van der Waals surface area contributed by atoms with Gasteiger partial charge in [0, 0.05) is 36.3 Å². The van der Waals surface area contributed by atoms with Gasteiger partial charge in [-0.1, -0.05) is 29.3 Å². The second-order valence-corrected chi connectivity index (χ2v) is 7.09. The van der Waals surface area contributed by atoms with Crippen LogP contribution in [-0.4, -0.2) is 24.3 Å². The Morgan fingerprint density at radius 3 is 2.56 bits per heavy atom. The van der Waals surface area contributed by atoms with E-state index in [1.165, 1.54) is 6.92 Å². The van der Waals surface area contributed by atoms with E-state index in [1.54, 1.807) is 47.4 Å². The average Bonchev–Trinajstić information content (AvgIpc) is 2.99. The van der Waals surface area contributed by atoms with E-state index in [0.717, 1.165) is 0 Å². The molecule has 27 heavy (non-hydrogen) atoms. The standard InChI is InChI=1S/C19H17Cl2N3O3/c1-11(25)22-14-5-6-17(16(21)9-14)23-19(27)12-7-18(26)24(10-12)15-4-2-3-13(20)8-15/h2-6,8-9,12H,7,10H2,1H3,(H,22,25)(H,23,27). The van der Waals surface area contributed by atoms with E-state index in [4.69, 9.17) is 23.2 Å². The lowest BCUT2D eigenvalue weighted by atomic mass is 10.1. The Balaban J connectivity index is 1.68. The van der Waals surface area contributed by atoms with Crippen LogP contribution in [0.25, 0.3) is 0 Å². The van der Waals surface area contributed by atoms with Crippen LogP contribution in [0.3, 0.4) is 0 Å². The fourth-order valence-electron chi connectivity index (χ4n) is 2.91. The summed E-state index contributed by atoms with van der Waals surface area (Å²) in [4.78, 5) is 37.5. The van der Waals surface area contributed by atoms with Crippen molar-refractivity contribution >= 4 is 58.0 Å². The van der Waals surface area contributed by atoms with E-state index in [2.05, 4.69) is 10.6 Å². The molecule has 2 aromatic carbocycles. The fraction of sp³-hybridized carbons (Fsp3) is 0.211. The smallest absolute Gasteiger partial charge is 0.229 e. The van der Waals surface area contributed by atoms with Crippen molar-refractivity contribution in [2.24, 2.45) is 5.92 Å². The van der Waals surface area contributed by atoms with Gasteiger partial charge in [0.1, 0.15) is 0 Å². The molecule has 0 saturated carbocycles. The average molecular weight is 406 g/mol. The predicted octanol–water partition coefficient (Wildman–Crippen LogP) is 3.94. The lowest BCUT2D eigenvalue weighted by Gasteiger charge is -2.17. The molecular weight excluding hydrogens is 389 g/mol. The highest BCUT2D eigenvalue weighted by Gasteiger charge is 2.35. The van der Waals surface area contributed by atoms with Crippen LogP contribution in [0.5, 0.6) is 0 Å². The lowest BCUT2D eigenvalue weighted by molar-refractivity contribution is -0.122. The molecule has 8 heteroatoms. The Bertz CT molecular complexity index is 917. The third-order valence-corrected chi connectivity index (χ3v) is 4.71. The highest BCUT2D eigenvalue weighted by Crippen LogP contribution is 2.30. The maximum atomic E-state index is 12.6. The molecule has 1 atom stereocenters. The van der Waals surface area contributed by atoms with E-state index >= 15 is 0 Å². The van der Waals surface area contributed by atoms with Crippen molar-refractivity contribution in [3.63, 3.8) is 0 Å². The van der Waals surface area contributed by atoms with Crippen molar-refractivity contribution in [1.29, 1.82) is 0 Å². The van der Waals surface area contributed by atoms with Gasteiger partial charge in [-0.05, 0) is 36.4 Å². The molecule has 2 aromatic rings. The molecule has 1 heterocycles. The molecule has 0 aromatic heterocycles. The number of nitrogens with zero attached hydrogens (tertiary/aromatic N) is 1. The maximum absolute atomic E-state index is 12.6. The van der Waals surface area contributed by atoms with Gasteiger partial charge in [0.05, 0.1) is 16.6 Å². The first-order chi connectivity index (χ1) is 12.8. The van der Waals surface area contributed by atoms with Gasteiger partial charge >= 0.3 is 0 Å². The summed E-state index contributed by atoms with van der Waals surface area (Å²) in [6, 6.07) is 11.8. The molecule has 1 aliphatic rings. The number of anilines is 3. The van der Waals surface area contributed by atoms with Gasteiger partial charge in [0.2, 0.25) is 17.7 Å². The first-order valence-corrected chi connectivity index (χ1v) is 9.03. The second kappa shape index (κ2) is 7.98. The zero-order chi connectivity index (χ0) is 19.6. The lowest BCUT2D eigenvalue weighted by Crippen LogP contribution is -2.28. The summed E-state index contributed by atoms with van der Waals surface area (Å²) in [5, 5.41) is 6.19. The Kier molecular flexibility index (Phi) is 5.68. The zero-order valence-electron chi connectivity index (χ0n) is 14.5. The molecule has 0 spiro atoms. The number of carbonyl (C=O) groups excluding carboxylic acids is 3. The summed E-state index contributed by atoms with van der Waals surface area (Å²) in [6.45, 7) is 1.67. The number of halogens is 2. The van der Waals surface area contributed by atoms with Crippen LogP contribution in [0.15, 0.2) is 42.5 Å². The highest BCUT2D eigenvalue weighted by atomic mass is 35.5. The zero-order valence-corrected chi connectivity index (χ0v) is 16.0. The Morgan fingerprint density at radius 1 is 1.11 bits per heavy atom. The van der Waals surface area contributed by atoms with Gasteiger partial charge in [-0.3, -0.25) is 14.4 Å². The van der Waals surface area contributed by atoms with Gasteiger partial charge < -0.3 is 15.5 Å². The van der Waals surface area contributed by atoms with Crippen LogP contribution in [0, 0.1) is 5.92 Å². The summed E-state index contributed by atoms with van der Waals surface area (Å²) in [5.74, 6) is -1.14. The van der Waals surface area contributed by atoms with Gasteiger partial charge in [-0.2, -0.15) is 0 Å². The normalized spacial score (nSPS) is 16.3. The maximum Gasteiger partial charge on any atom is 0.229 e. The van der Waals surface area contributed by atoms with Gasteiger partial charge in [-0.25, -0.2) is 0 Å². The minimum atomic E-state index is -0.498. The molecule has 6 nitrogen and oxygen atoms in total. The number of benzene rings is 2. The van der Waals surface area contributed by atoms with Crippen molar-refractivity contribution in [3.05, 3.63) is 52.5 Å². The van der Waals surface area contributed by atoms with Crippen molar-refractivity contribution in [2.45, 2.75) is 13.3 Å². The minimum Gasteiger partial charge on any atom is -0.326 e. The van der Waals surface area contributed by atoms with Crippen molar-refractivity contribution in [2.75, 3.05) is 22.1 Å². The SMILES string of the molecule is CC(=O)Nc1ccc(NC(=O)C2CC(=O)N(c3cccc(Cl)c3)C2)c(Cl)c1. The second-order valence-electron chi connectivity index (χ2n) is 6.25. The van der Waals surface area contributed by atoms with E-state index in [-0.39, 0.29) is 30.7 Å². The summed E-state index contributed by atoms with van der Waals surface area (Å²) in [7, 11) is 0. The third kappa shape index (κ3) is 4.59. The third-order valence-electron chi connectivity index (χ3n) is 4.16. The molecule has 3 rings (SSSR count). The molecule has 3 amide bonds. The Hall–Kier alpha value is -2.57. The van der Waals surface area contributed by atoms with Crippen molar-refractivity contribution in [3.8, 4) is 0 Å². The van der Waals surface area contributed by atoms with Gasteiger partial charge in [0.15, 0.2) is 0 Å². The van der Waals surface area contributed by atoms with Gasteiger partial charge in [0.25, 0.3) is 0 Å². The molecule has 0 radical (unpaired) electrons. The number of hydrogen-bond donors (Lipinski definition) is 2. The predicted molar refractivity (Wildman–Crippen MR) is 106 cm³/mol. The van der Waals surface area contributed by atoms with Gasteiger partial charge in [-0.15, -0.1) is 0 Å². The van der Waals surface area contributed by atoms with Crippen LogP contribution in [0.4, 0.5) is 17.1 Å². The topological polar surface area (TPSA) is 78.5 Å². The first kappa shape index (κ1) is 19.2. The molecule has 1 aliphatic heterocycles. The Labute approximate surface area is 166 Å². The molecule has 2 N–H and O–H groups in total. The van der Waals surface area contributed by atoms with E-state index in [0.29, 0.717) is 27.1 Å². The van der Waals surface area contributed by atoms with Crippen LogP contribution in [0.2, 0.25) is 10.0 Å². The van der Waals surface area contributed by atoms with E-state index in [9.17, 15) is 14.4 Å². The number of rotatable bonds is 4.